The van der Waals surface area contributed by atoms with Gasteiger partial charge in [-0.3, -0.25) is 9.63 Å². The van der Waals surface area contributed by atoms with E-state index in [-0.39, 0.29) is 12.5 Å². The van der Waals surface area contributed by atoms with E-state index in [2.05, 4.69) is 5.48 Å². The molecule has 0 aromatic carbocycles. The highest BCUT2D eigenvalue weighted by molar-refractivity contribution is 7.88. The number of piperidine rings is 1. The summed E-state index contributed by atoms with van der Waals surface area (Å²) in [4.78, 5) is 15.2. The molecule has 1 heterocycles. The number of rotatable bonds is 6. The van der Waals surface area contributed by atoms with Gasteiger partial charge in [0.25, 0.3) is 0 Å². The predicted octanol–water partition coefficient (Wildman–Crippen LogP) is -1.34. The lowest BCUT2D eigenvalue weighted by Gasteiger charge is -2.30. The Morgan fingerprint density at radius 3 is 2.88 bits per heavy atom. The minimum absolute atomic E-state index is 0.178. The quantitative estimate of drug-likeness (QED) is 0.457. The lowest BCUT2D eigenvalue weighted by Crippen LogP contribution is -2.42. The van der Waals surface area contributed by atoms with Crippen LogP contribution in [0.15, 0.2) is 0 Å². The summed E-state index contributed by atoms with van der Waals surface area (Å²) in [6.45, 7) is 1.41. The molecule has 0 bridgehead atoms. The number of carbonyl (C=O) groups excluding carboxylic acids is 1. The molecule has 7 nitrogen and oxygen atoms in total. The number of primary amides is 1. The number of hydrogen-bond acceptors (Lipinski definition) is 5. The van der Waals surface area contributed by atoms with Crippen molar-refractivity contribution in [1.29, 1.82) is 0 Å². The summed E-state index contributed by atoms with van der Waals surface area (Å²) in [5.74, 6) is -0.342. The van der Waals surface area contributed by atoms with Crippen LogP contribution in [0, 0.1) is 5.92 Å². The average molecular weight is 265 g/mol. The summed E-state index contributed by atoms with van der Waals surface area (Å²) >= 11 is 0. The highest BCUT2D eigenvalue weighted by atomic mass is 32.2. The normalized spacial score (nSPS) is 22.5. The predicted molar refractivity (Wildman–Crippen MR) is 62.3 cm³/mol. The molecule has 1 aliphatic rings. The topological polar surface area (TPSA) is 102 Å². The van der Waals surface area contributed by atoms with Crippen molar-refractivity contribution in [1.82, 2.24) is 9.79 Å². The fourth-order valence-corrected chi connectivity index (χ4v) is 2.74. The Labute approximate surface area is 101 Å². The molecule has 0 aromatic rings. The molecule has 0 aliphatic carbocycles. The Kier molecular flexibility index (Phi) is 5.31. The third-order valence-electron chi connectivity index (χ3n) is 2.64. The van der Waals surface area contributed by atoms with Gasteiger partial charge in [0.05, 0.1) is 6.26 Å². The molecule has 0 radical (unpaired) electrons. The molecule has 1 atom stereocenters. The number of carbonyl (C=O) groups is 1. The zero-order valence-electron chi connectivity index (χ0n) is 9.89. The first-order chi connectivity index (χ1) is 7.89. The minimum Gasteiger partial charge on any atom is -0.368 e. The van der Waals surface area contributed by atoms with Gasteiger partial charge in [-0.15, -0.1) is 0 Å². The van der Waals surface area contributed by atoms with Crippen LogP contribution in [0.5, 0.6) is 0 Å². The van der Waals surface area contributed by atoms with Gasteiger partial charge in [-0.2, -0.15) is 0 Å². The zero-order valence-corrected chi connectivity index (χ0v) is 10.7. The van der Waals surface area contributed by atoms with E-state index in [1.165, 1.54) is 10.6 Å². The first-order valence-electron chi connectivity index (χ1n) is 5.47. The van der Waals surface area contributed by atoms with E-state index < -0.39 is 15.9 Å². The summed E-state index contributed by atoms with van der Waals surface area (Å²) in [7, 11) is -3.11. The molecule has 0 spiro atoms. The van der Waals surface area contributed by atoms with Crippen molar-refractivity contribution in [3.63, 3.8) is 0 Å². The Morgan fingerprint density at radius 1 is 1.59 bits per heavy atom. The Bertz CT molecular complexity index is 357. The smallest absolute Gasteiger partial charge is 0.245 e. The molecule has 100 valence electrons. The van der Waals surface area contributed by atoms with E-state index in [0.717, 1.165) is 12.8 Å². The number of nitrogens with two attached hydrogens (primary N) is 1. The minimum atomic E-state index is -3.11. The molecule has 1 aliphatic heterocycles. The molecule has 3 N–H and O–H groups in total. The van der Waals surface area contributed by atoms with Crippen molar-refractivity contribution in [3.05, 3.63) is 0 Å². The van der Waals surface area contributed by atoms with Gasteiger partial charge >= 0.3 is 0 Å². The fraction of sp³-hybridized carbons (Fsp3) is 0.889. The number of sulfonamides is 1. The van der Waals surface area contributed by atoms with E-state index in [9.17, 15) is 13.2 Å². The Balaban J connectivity index is 2.28. The number of hydrogen-bond donors (Lipinski definition) is 2. The van der Waals surface area contributed by atoms with Gasteiger partial charge in [0, 0.05) is 19.6 Å². The molecule has 17 heavy (non-hydrogen) atoms. The third-order valence-corrected chi connectivity index (χ3v) is 3.91. The fourth-order valence-electron chi connectivity index (χ4n) is 1.79. The molecule has 1 saturated heterocycles. The van der Waals surface area contributed by atoms with Gasteiger partial charge in [0.2, 0.25) is 15.9 Å². The second-order valence-electron chi connectivity index (χ2n) is 4.23. The average Bonchev–Trinajstić information content (AvgIpc) is 2.23. The first-order valence-corrected chi connectivity index (χ1v) is 7.32. The summed E-state index contributed by atoms with van der Waals surface area (Å²) < 4.78 is 24.2. The summed E-state index contributed by atoms with van der Waals surface area (Å²) in [5.41, 5.74) is 7.54. The Morgan fingerprint density at radius 2 is 2.29 bits per heavy atom. The molecule has 1 rings (SSSR count). The molecule has 1 amide bonds. The van der Waals surface area contributed by atoms with Crippen molar-refractivity contribution in [2.45, 2.75) is 12.8 Å². The van der Waals surface area contributed by atoms with Crippen molar-refractivity contribution in [3.8, 4) is 0 Å². The van der Waals surface area contributed by atoms with Gasteiger partial charge in [0.15, 0.2) is 0 Å². The van der Waals surface area contributed by atoms with Gasteiger partial charge < -0.3 is 5.73 Å². The SMILES string of the molecule is CS(=O)(=O)N1CCCC(CNOCC(N)=O)C1. The van der Waals surface area contributed by atoms with Crippen LogP contribution in [0.25, 0.3) is 0 Å². The lowest BCUT2D eigenvalue weighted by molar-refractivity contribution is -0.125. The van der Waals surface area contributed by atoms with Gasteiger partial charge in [-0.1, -0.05) is 0 Å². The van der Waals surface area contributed by atoms with Crippen molar-refractivity contribution < 1.29 is 18.0 Å². The van der Waals surface area contributed by atoms with Crippen LogP contribution >= 0.6 is 0 Å². The van der Waals surface area contributed by atoms with E-state index in [1.54, 1.807) is 0 Å². The second kappa shape index (κ2) is 6.29. The second-order valence-corrected chi connectivity index (χ2v) is 6.22. The maximum Gasteiger partial charge on any atom is 0.245 e. The number of nitrogens with zero attached hydrogens (tertiary/aromatic N) is 1. The van der Waals surface area contributed by atoms with E-state index in [0.29, 0.717) is 19.6 Å². The molecular weight excluding hydrogens is 246 g/mol. The third kappa shape index (κ3) is 5.44. The molecule has 0 saturated carbocycles. The lowest BCUT2D eigenvalue weighted by atomic mass is 10.0. The Hall–Kier alpha value is -0.700. The zero-order chi connectivity index (χ0) is 12.9. The molecular formula is C9H19N3O4S. The summed E-state index contributed by atoms with van der Waals surface area (Å²) in [6, 6.07) is 0. The van der Waals surface area contributed by atoms with Crippen LogP contribution in [0.3, 0.4) is 0 Å². The van der Waals surface area contributed by atoms with E-state index in [4.69, 9.17) is 10.6 Å². The maximum absolute atomic E-state index is 11.4. The number of hydroxylamine groups is 1. The van der Waals surface area contributed by atoms with E-state index >= 15 is 0 Å². The summed E-state index contributed by atoms with van der Waals surface area (Å²) in [5, 5.41) is 0. The van der Waals surface area contributed by atoms with Crippen molar-refractivity contribution >= 4 is 15.9 Å². The molecule has 1 unspecified atom stereocenters. The molecule has 1 fully saturated rings. The highest BCUT2D eigenvalue weighted by Gasteiger charge is 2.25. The first kappa shape index (κ1) is 14.4. The standard InChI is InChI=1S/C9H19N3O4S/c1-17(14,15)12-4-2-3-8(6-12)5-11-16-7-9(10)13/h8,11H,2-7H2,1H3,(H2,10,13). The highest BCUT2D eigenvalue weighted by Crippen LogP contribution is 2.17. The van der Waals surface area contributed by atoms with Crippen LogP contribution in [0.1, 0.15) is 12.8 Å². The van der Waals surface area contributed by atoms with Crippen molar-refractivity contribution in [2.75, 3.05) is 32.5 Å². The van der Waals surface area contributed by atoms with Crippen LogP contribution in [-0.4, -0.2) is 51.1 Å². The largest absolute Gasteiger partial charge is 0.368 e. The maximum atomic E-state index is 11.4. The molecule has 8 heteroatoms. The van der Waals surface area contributed by atoms with Gasteiger partial charge in [0.1, 0.15) is 6.61 Å². The van der Waals surface area contributed by atoms with E-state index in [1.807, 2.05) is 0 Å². The van der Waals surface area contributed by atoms with Gasteiger partial charge in [-0.25, -0.2) is 18.2 Å². The molecule has 0 aromatic heterocycles. The van der Waals surface area contributed by atoms with Crippen molar-refractivity contribution in [2.24, 2.45) is 11.7 Å². The van der Waals surface area contributed by atoms with Crippen LogP contribution in [0.2, 0.25) is 0 Å². The van der Waals surface area contributed by atoms with Crippen LogP contribution in [0.4, 0.5) is 0 Å². The van der Waals surface area contributed by atoms with Gasteiger partial charge in [-0.05, 0) is 18.8 Å². The van der Waals surface area contributed by atoms with Crippen LogP contribution in [-0.2, 0) is 19.7 Å². The van der Waals surface area contributed by atoms with Crippen LogP contribution < -0.4 is 11.2 Å². The summed E-state index contributed by atoms with van der Waals surface area (Å²) in [6.07, 6.45) is 3.00. The number of nitrogens with one attached hydrogen (secondary N) is 1. The monoisotopic (exact) mass is 265 g/mol. The number of amides is 1.